The van der Waals surface area contributed by atoms with E-state index in [1.807, 2.05) is 0 Å². The molecular formula is C11H8Cl2N2O. The lowest BCUT2D eigenvalue weighted by Gasteiger charge is -2.04. The number of benzene rings is 1. The molecule has 3 nitrogen and oxygen atoms in total. The standard InChI is InChI=1S/C11H8Cl2N2O/c12-8-4-3-7(6-9(8)13)15-11(16)10-2-1-5-14-10/h1-6,14H,(H,15,16). The first kappa shape index (κ1) is 11.0. The van der Waals surface area contributed by atoms with Crippen molar-refractivity contribution in [1.82, 2.24) is 4.98 Å². The zero-order valence-corrected chi connectivity index (χ0v) is 9.64. The van der Waals surface area contributed by atoms with Crippen LogP contribution in [0.2, 0.25) is 10.0 Å². The molecular weight excluding hydrogens is 247 g/mol. The van der Waals surface area contributed by atoms with Gasteiger partial charge in [-0.1, -0.05) is 23.2 Å². The van der Waals surface area contributed by atoms with Gasteiger partial charge in [-0.25, -0.2) is 0 Å². The van der Waals surface area contributed by atoms with Crippen LogP contribution in [0.25, 0.3) is 0 Å². The molecule has 2 rings (SSSR count). The first-order valence-electron chi connectivity index (χ1n) is 4.56. The molecule has 0 bridgehead atoms. The van der Waals surface area contributed by atoms with Crippen LogP contribution in [-0.2, 0) is 0 Å². The van der Waals surface area contributed by atoms with Crippen molar-refractivity contribution in [3.05, 3.63) is 52.3 Å². The van der Waals surface area contributed by atoms with Crippen LogP contribution in [0, 0.1) is 0 Å². The third kappa shape index (κ3) is 2.38. The summed E-state index contributed by atoms with van der Waals surface area (Å²) >= 11 is 11.6. The summed E-state index contributed by atoms with van der Waals surface area (Å²) in [6.07, 6.45) is 1.68. The Morgan fingerprint density at radius 1 is 1.19 bits per heavy atom. The number of H-pyrrole nitrogens is 1. The van der Waals surface area contributed by atoms with E-state index in [2.05, 4.69) is 10.3 Å². The summed E-state index contributed by atoms with van der Waals surface area (Å²) in [6, 6.07) is 8.37. The Bertz CT molecular complexity index is 509. The average molecular weight is 255 g/mol. The van der Waals surface area contributed by atoms with E-state index in [1.54, 1.807) is 36.5 Å². The maximum absolute atomic E-state index is 11.7. The molecule has 0 aliphatic heterocycles. The van der Waals surface area contributed by atoms with Crippen LogP contribution in [0.3, 0.4) is 0 Å². The highest BCUT2D eigenvalue weighted by Crippen LogP contribution is 2.25. The molecule has 5 heteroatoms. The molecule has 82 valence electrons. The fourth-order valence-corrected chi connectivity index (χ4v) is 1.54. The molecule has 1 heterocycles. The number of amides is 1. The molecule has 1 aromatic heterocycles. The van der Waals surface area contributed by atoms with E-state index in [0.29, 0.717) is 21.4 Å². The Kier molecular flexibility index (Phi) is 3.17. The molecule has 0 saturated carbocycles. The van der Waals surface area contributed by atoms with Crippen molar-refractivity contribution < 1.29 is 4.79 Å². The SMILES string of the molecule is O=C(Nc1ccc(Cl)c(Cl)c1)c1ccc[nH]1. The van der Waals surface area contributed by atoms with E-state index in [9.17, 15) is 4.79 Å². The average Bonchev–Trinajstić information content (AvgIpc) is 2.77. The lowest BCUT2D eigenvalue weighted by atomic mass is 10.3. The fraction of sp³-hybridized carbons (Fsp3) is 0. The first-order chi connectivity index (χ1) is 7.66. The smallest absolute Gasteiger partial charge is 0.272 e. The number of aromatic nitrogens is 1. The maximum atomic E-state index is 11.7. The van der Waals surface area contributed by atoms with E-state index in [0.717, 1.165) is 0 Å². The van der Waals surface area contributed by atoms with E-state index in [1.165, 1.54) is 0 Å². The lowest BCUT2D eigenvalue weighted by Crippen LogP contribution is -2.11. The molecule has 0 aliphatic rings. The number of aromatic amines is 1. The third-order valence-electron chi connectivity index (χ3n) is 2.02. The van der Waals surface area contributed by atoms with Gasteiger partial charge in [0.25, 0.3) is 5.91 Å². The Balaban J connectivity index is 2.15. The molecule has 0 aliphatic carbocycles. The van der Waals surface area contributed by atoms with Gasteiger partial charge in [0.1, 0.15) is 5.69 Å². The number of halogens is 2. The Labute approximate surface area is 102 Å². The van der Waals surface area contributed by atoms with Gasteiger partial charge in [0, 0.05) is 11.9 Å². The first-order valence-corrected chi connectivity index (χ1v) is 5.32. The number of nitrogens with one attached hydrogen (secondary N) is 2. The number of hydrogen-bond donors (Lipinski definition) is 2. The minimum absolute atomic E-state index is 0.219. The van der Waals surface area contributed by atoms with Gasteiger partial charge >= 0.3 is 0 Å². The van der Waals surface area contributed by atoms with Gasteiger partial charge in [0.15, 0.2) is 0 Å². The summed E-state index contributed by atoms with van der Waals surface area (Å²) < 4.78 is 0. The quantitative estimate of drug-likeness (QED) is 0.846. The minimum atomic E-state index is -0.219. The zero-order chi connectivity index (χ0) is 11.5. The second kappa shape index (κ2) is 4.60. The summed E-state index contributed by atoms with van der Waals surface area (Å²) in [5.41, 5.74) is 1.10. The van der Waals surface area contributed by atoms with Gasteiger partial charge in [0.2, 0.25) is 0 Å². The van der Waals surface area contributed by atoms with Crippen molar-refractivity contribution in [2.24, 2.45) is 0 Å². The van der Waals surface area contributed by atoms with Crippen LogP contribution in [0.4, 0.5) is 5.69 Å². The molecule has 0 atom stereocenters. The van der Waals surface area contributed by atoms with Crippen molar-refractivity contribution in [3.8, 4) is 0 Å². The van der Waals surface area contributed by atoms with Crippen LogP contribution < -0.4 is 5.32 Å². The van der Waals surface area contributed by atoms with Crippen molar-refractivity contribution >= 4 is 34.8 Å². The van der Waals surface area contributed by atoms with Crippen molar-refractivity contribution in [2.75, 3.05) is 5.32 Å². The molecule has 0 unspecified atom stereocenters. The lowest BCUT2D eigenvalue weighted by molar-refractivity contribution is 0.102. The third-order valence-corrected chi connectivity index (χ3v) is 2.76. The zero-order valence-electron chi connectivity index (χ0n) is 8.13. The van der Waals surface area contributed by atoms with Crippen molar-refractivity contribution in [2.45, 2.75) is 0 Å². The molecule has 0 fully saturated rings. The predicted molar refractivity (Wildman–Crippen MR) is 65.2 cm³/mol. The molecule has 2 N–H and O–H groups in total. The number of hydrogen-bond acceptors (Lipinski definition) is 1. The van der Waals surface area contributed by atoms with Crippen LogP contribution in [0.15, 0.2) is 36.5 Å². The largest absolute Gasteiger partial charge is 0.357 e. The van der Waals surface area contributed by atoms with Gasteiger partial charge < -0.3 is 10.3 Å². The summed E-state index contributed by atoms with van der Waals surface area (Å²) in [5, 5.41) is 3.57. The molecule has 2 aromatic rings. The van der Waals surface area contributed by atoms with Crippen LogP contribution in [0.1, 0.15) is 10.5 Å². The molecule has 0 radical (unpaired) electrons. The Hall–Kier alpha value is -1.45. The predicted octanol–water partition coefficient (Wildman–Crippen LogP) is 3.57. The highest BCUT2D eigenvalue weighted by Gasteiger charge is 2.07. The second-order valence-corrected chi connectivity index (χ2v) is 3.98. The van der Waals surface area contributed by atoms with Crippen molar-refractivity contribution in [3.63, 3.8) is 0 Å². The summed E-state index contributed by atoms with van der Waals surface area (Å²) in [7, 11) is 0. The number of carbonyl (C=O) groups is 1. The monoisotopic (exact) mass is 254 g/mol. The number of rotatable bonds is 2. The van der Waals surface area contributed by atoms with Gasteiger partial charge in [-0.15, -0.1) is 0 Å². The van der Waals surface area contributed by atoms with Gasteiger partial charge in [-0.3, -0.25) is 4.79 Å². The molecule has 1 amide bonds. The highest BCUT2D eigenvalue weighted by molar-refractivity contribution is 6.42. The molecule has 16 heavy (non-hydrogen) atoms. The Morgan fingerprint density at radius 2 is 2.00 bits per heavy atom. The molecule has 1 aromatic carbocycles. The summed E-state index contributed by atoms with van der Waals surface area (Å²) in [6.45, 7) is 0. The van der Waals surface area contributed by atoms with E-state index in [-0.39, 0.29) is 5.91 Å². The van der Waals surface area contributed by atoms with Crippen molar-refractivity contribution in [1.29, 1.82) is 0 Å². The normalized spacial score (nSPS) is 10.1. The van der Waals surface area contributed by atoms with E-state index < -0.39 is 0 Å². The van der Waals surface area contributed by atoms with E-state index >= 15 is 0 Å². The minimum Gasteiger partial charge on any atom is -0.357 e. The van der Waals surface area contributed by atoms with Gasteiger partial charge in [0.05, 0.1) is 10.0 Å². The molecule has 0 spiro atoms. The maximum Gasteiger partial charge on any atom is 0.272 e. The number of anilines is 1. The molecule has 0 saturated heterocycles. The number of carbonyl (C=O) groups excluding carboxylic acids is 1. The fourth-order valence-electron chi connectivity index (χ4n) is 1.24. The summed E-state index contributed by atoms with van der Waals surface area (Å²) in [4.78, 5) is 14.5. The van der Waals surface area contributed by atoms with Gasteiger partial charge in [-0.05, 0) is 30.3 Å². The van der Waals surface area contributed by atoms with Crippen LogP contribution in [0.5, 0.6) is 0 Å². The van der Waals surface area contributed by atoms with E-state index in [4.69, 9.17) is 23.2 Å². The highest BCUT2D eigenvalue weighted by atomic mass is 35.5. The second-order valence-electron chi connectivity index (χ2n) is 3.17. The van der Waals surface area contributed by atoms with Gasteiger partial charge in [-0.2, -0.15) is 0 Å². The van der Waals surface area contributed by atoms with Crippen LogP contribution >= 0.6 is 23.2 Å². The topological polar surface area (TPSA) is 44.9 Å². The Morgan fingerprint density at radius 3 is 2.62 bits per heavy atom. The van der Waals surface area contributed by atoms with Crippen LogP contribution in [-0.4, -0.2) is 10.9 Å². The summed E-state index contributed by atoms with van der Waals surface area (Å²) in [5.74, 6) is -0.219.